The van der Waals surface area contributed by atoms with Crippen LogP contribution in [0, 0.1) is 0 Å². The molecular weight excluding hydrogens is 304 g/mol. The third kappa shape index (κ3) is 3.42. The fraction of sp³-hybridized carbons (Fsp3) is 0.500. The number of hydrogen-bond acceptors (Lipinski definition) is 3. The first-order valence-corrected chi connectivity index (χ1v) is 8.68. The van der Waals surface area contributed by atoms with Crippen molar-refractivity contribution >= 4 is 17.8 Å². The number of carbonyl (C=O) groups is 2. The summed E-state index contributed by atoms with van der Waals surface area (Å²) in [6.45, 7) is 3.05. The number of likely N-dealkylation sites (tertiary alicyclic amines) is 1. The van der Waals surface area contributed by atoms with Gasteiger partial charge in [-0.05, 0) is 44.2 Å². The van der Waals surface area contributed by atoms with E-state index in [0.29, 0.717) is 30.2 Å². The lowest BCUT2D eigenvalue weighted by atomic mass is 10.1. The second-order valence-electron chi connectivity index (χ2n) is 6.30. The van der Waals surface area contributed by atoms with Crippen LogP contribution in [0.2, 0.25) is 0 Å². The van der Waals surface area contributed by atoms with Crippen LogP contribution in [0.5, 0.6) is 0 Å². The lowest BCUT2D eigenvalue weighted by Gasteiger charge is -2.27. The molecule has 2 heterocycles. The molecule has 3 rings (SSSR count). The summed E-state index contributed by atoms with van der Waals surface area (Å²) < 4.78 is 0. The zero-order valence-corrected chi connectivity index (χ0v) is 13.9. The van der Waals surface area contributed by atoms with Crippen molar-refractivity contribution in [3.05, 3.63) is 35.4 Å². The van der Waals surface area contributed by atoms with E-state index in [1.807, 2.05) is 0 Å². The van der Waals surface area contributed by atoms with E-state index in [1.54, 1.807) is 24.3 Å². The summed E-state index contributed by atoms with van der Waals surface area (Å²) >= 11 is 0. The molecular formula is C18H24N4O2. The molecule has 0 unspecified atom stereocenters. The maximum absolute atomic E-state index is 12.2. The Hall–Kier alpha value is -2.37. The minimum Gasteiger partial charge on any atom is -0.370 e. The number of piperidine rings is 1. The standard InChI is InChI=1S/C18H24N4O2/c19-18(21-11-5-1-6-12-21)20-10-4-7-13-22-16(23)14-8-2-3-9-15(14)17(22)24/h2-3,8-9H,1,4-7,10-13H2,(H2,19,20). The van der Waals surface area contributed by atoms with Crippen LogP contribution in [0.4, 0.5) is 0 Å². The van der Waals surface area contributed by atoms with Crippen LogP contribution in [0.3, 0.4) is 0 Å². The Morgan fingerprint density at radius 1 is 1.00 bits per heavy atom. The number of guanidine groups is 1. The summed E-state index contributed by atoms with van der Waals surface area (Å²) in [6, 6.07) is 6.98. The molecule has 6 nitrogen and oxygen atoms in total. The molecule has 2 N–H and O–H groups in total. The highest BCUT2D eigenvalue weighted by Crippen LogP contribution is 2.22. The quantitative estimate of drug-likeness (QED) is 0.387. The molecule has 128 valence electrons. The average Bonchev–Trinajstić information content (AvgIpc) is 2.87. The summed E-state index contributed by atoms with van der Waals surface area (Å²) in [4.78, 5) is 32.4. The van der Waals surface area contributed by atoms with Gasteiger partial charge in [0.2, 0.25) is 0 Å². The molecule has 1 fully saturated rings. The first-order chi connectivity index (χ1) is 11.7. The molecule has 2 aliphatic rings. The molecule has 0 aliphatic carbocycles. The highest BCUT2D eigenvalue weighted by molar-refractivity contribution is 6.21. The van der Waals surface area contributed by atoms with Crippen LogP contribution in [0.15, 0.2) is 29.3 Å². The molecule has 6 heteroatoms. The van der Waals surface area contributed by atoms with E-state index in [4.69, 9.17) is 5.73 Å². The van der Waals surface area contributed by atoms with Crippen molar-refractivity contribution in [2.45, 2.75) is 32.1 Å². The maximum Gasteiger partial charge on any atom is 0.261 e. The summed E-state index contributed by atoms with van der Waals surface area (Å²) in [5, 5.41) is 0. The fourth-order valence-electron chi connectivity index (χ4n) is 3.24. The molecule has 0 spiro atoms. The van der Waals surface area contributed by atoms with Crippen molar-refractivity contribution in [3.8, 4) is 0 Å². The molecule has 1 aromatic rings. The minimum atomic E-state index is -0.188. The van der Waals surface area contributed by atoms with Gasteiger partial charge in [0.1, 0.15) is 0 Å². The predicted octanol–water partition coefficient (Wildman–Crippen LogP) is 1.86. The predicted molar refractivity (Wildman–Crippen MR) is 93.0 cm³/mol. The molecule has 2 amide bonds. The second-order valence-corrected chi connectivity index (χ2v) is 6.30. The van der Waals surface area contributed by atoms with Crippen LogP contribution in [-0.2, 0) is 0 Å². The molecule has 1 saturated heterocycles. The zero-order chi connectivity index (χ0) is 16.9. The number of amides is 2. The third-order valence-corrected chi connectivity index (χ3v) is 4.62. The maximum atomic E-state index is 12.2. The van der Waals surface area contributed by atoms with Crippen molar-refractivity contribution < 1.29 is 9.59 Å². The first kappa shape index (κ1) is 16.5. The Bertz CT molecular complexity index is 615. The van der Waals surface area contributed by atoms with E-state index in [-0.39, 0.29) is 11.8 Å². The van der Waals surface area contributed by atoms with Crippen LogP contribution >= 0.6 is 0 Å². The van der Waals surface area contributed by atoms with E-state index in [0.717, 1.165) is 25.9 Å². The smallest absolute Gasteiger partial charge is 0.261 e. The van der Waals surface area contributed by atoms with E-state index in [9.17, 15) is 9.59 Å². The van der Waals surface area contributed by atoms with E-state index in [2.05, 4.69) is 9.89 Å². The number of rotatable bonds is 5. The number of hydrogen-bond donors (Lipinski definition) is 1. The lowest BCUT2D eigenvalue weighted by molar-refractivity contribution is 0.0652. The summed E-state index contributed by atoms with van der Waals surface area (Å²) in [5.74, 6) is 0.245. The molecule has 2 aliphatic heterocycles. The minimum absolute atomic E-state index is 0.188. The summed E-state index contributed by atoms with van der Waals surface area (Å²) in [7, 11) is 0. The second kappa shape index (κ2) is 7.47. The van der Waals surface area contributed by atoms with Crippen LogP contribution in [0.1, 0.15) is 52.8 Å². The Morgan fingerprint density at radius 3 is 2.25 bits per heavy atom. The van der Waals surface area contributed by atoms with E-state index >= 15 is 0 Å². The number of aliphatic imine (C=N–C) groups is 1. The molecule has 1 aromatic carbocycles. The Labute approximate surface area is 142 Å². The van der Waals surface area contributed by atoms with Gasteiger partial charge in [-0.1, -0.05) is 12.1 Å². The van der Waals surface area contributed by atoms with Crippen LogP contribution < -0.4 is 5.73 Å². The Balaban J connectivity index is 1.44. The molecule has 0 atom stereocenters. The number of carbonyl (C=O) groups excluding carboxylic acids is 2. The highest BCUT2D eigenvalue weighted by Gasteiger charge is 2.34. The van der Waals surface area contributed by atoms with Crippen LogP contribution in [-0.4, -0.2) is 53.8 Å². The summed E-state index contributed by atoms with van der Waals surface area (Å²) in [6.07, 6.45) is 5.17. The van der Waals surface area contributed by atoms with Gasteiger partial charge in [-0.3, -0.25) is 19.5 Å². The number of fused-ring (bicyclic) bond motifs is 1. The Morgan fingerprint density at radius 2 is 1.62 bits per heavy atom. The van der Waals surface area contributed by atoms with Gasteiger partial charge >= 0.3 is 0 Å². The van der Waals surface area contributed by atoms with Gasteiger partial charge in [0.15, 0.2) is 5.96 Å². The van der Waals surface area contributed by atoms with Gasteiger partial charge in [-0.25, -0.2) is 0 Å². The van der Waals surface area contributed by atoms with Gasteiger partial charge in [-0.2, -0.15) is 0 Å². The van der Waals surface area contributed by atoms with Gasteiger partial charge in [-0.15, -0.1) is 0 Å². The van der Waals surface area contributed by atoms with Crippen LogP contribution in [0.25, 0.3) is 0 Å². The summed E-state index contributed by atoms with van der Waals surface area (Å²) in [5.41, 5.74) is 7.03. The molecule has 24 heavy (non-hydrogen) atoms. The van der Waals surface area contributed by atoms with Gasteiger partial charge < -0.3 is 10.6 Å². The monoisotopic (exact) mass is 328 g/mol. The van der Waals surface area contributed by atoms with Crippen molar-refractivity contribution in [2.24, 2.45) is 10.7 Å². The van der Waals surface area contributed by atoms with Crippen molar-refractivity contribution in [2.75, 3.05) is 26.2 Å². The van der Waals surface area contributed by atoms with E-state index in [1.165, 1.54) is 24.2 Å². The first-order valence-electron chi connectivity index (χ1n) is 8.68. The molecule has 0 bridgehead atoms. The normalized spacial score (nSPS) is 18.2. The molecule has 0 saturated carbocycles. The zero-order valence-electron chi connectivity index (χ0n) is 13.9. The van der Waals surface area contributed by atoms with Gasteiger partial charge in [0, 0.05) is 26.2 Å². The highest BCUT2D eigenvalue weighted by atomic mass is 16.2. The largest absolute Gasteiger partial charge is 0.370 e. The fourth-order valence-corrected chi connectivity index (χ4v) is 3.24. The molecule has 0 radical (unpaired) electrons. The van der Waals surface area contributed by atoms with Crippen molar-refractivity contribution in [3.63, 3.8) is 0 Å². The number of unbranched alkanes of at least 4 members (excludes halogenated alkanes) is 1. The number of nitrogens with two attached hydrogens (primary N) is 1. The number of benzene rings is 1. The SMILES string of the molecule is NC(=NCCCCN1C(=O)c2ccccc2C1=O)N1CCCCC1. The average molecular weight is 328 g/mol. The topological polar surface area (TPSA) is 79.0 Å². The van der Waals surface area contributed by atoms with Crippen molar-refractivity contribution in [1.82, 2.24) is 9.80 Å². The van der Waals surface area contributed by atoms with E-state index < -0.39 is 0 Å². The van der Waals surface area contributed by atoms with Gasteiger partial charge in [0.05, 0.1) is 11.1 Å². The number of imide groups is 1. The Kier molecular flexibility index (Phi) is 5.13. The number of nitrogens with zero attached hydrogens (tertiary/aromatic N) is 3. The van der Waals surface area contributed by atoms with Crippen molar-refractivity contribution in [1.29, 1.82) is 0 Å². The lowest BCUT2D eigenvalue weighted by Crippen LogP contribution is -2.40. The molecule has 0 aromatic heterocycles. The van der Waals surface area contributed by atoms with Gasteiger partial charge in [0.25, 0.3) is 11.8 Å². The third-order valence-electron chi connectivity index (χ3n) is 4.62.